The zero-order valence-electron chi connectivity index (χ0n) is 10.8. The number of aliphatic hydroxyl groups excluding tert-OH is 1. The Labute approximate surface area is 107 Å². The van der Waals surface area contributed by atoms with Crippen molar-refractivity contribution in [2.75, 3.05) is 13.7 Å². The van der Waals surface area contributed by atoms with Crippen LogP contribution in [-0.2, 0) is 11.2 Å². The number of benzene rings is 1. The Balaban J connectivity index is 2.67. The van der Waals surface area contributed by atoms with Gasteiger partial charge in [0.1, 0.15) is 5.75 Å². The number of rotatable bonds is 7. The number of carboxylic acid groups (broad SMARTS) is 1. The minimum atomic E-state index is -0.814. The van der Waals surface area contributed by atoms with Gasteiger partial charge in [0, 0.05) is 6.61 Å². The second-order valence-corrected chi connectivity index (χ2v) is 4.61. The lowest BCUT2D eigenvalue weighted by Gasteiger charge is -2.16. The van der Waals surface area contributed by atoms with E-state index in [1.165, 1.54) is 0 Å². The molecule has 0 aliphatic heterocycles. The Kier molecular flexibility index (Phi) is 5.65. The van der Waals surface area contributed by atoms with Gasteiger partial charge in [0.25, 0.3) is 0 Å². The summed E-state index contributed by atoms with van der Waals surface area (Å²) in [5.41, 5.74) is 0.966. The molecule has 0 saturated heterocycles. The molecule has 0 aromatic heterocycles. The highest BCUT2D eigenvalue weighted by atomic mass is 16.5. The maximum Gasteiger partial charge on any atom is 0.306 e. The molecule has 18 heavy (non-hydrogen) atoms. The van der Waals surface area contributed by atoms with E-state index in [1.54, 1.807) is 7.11 Å². The summed E-state index contributed by atoms with van der Waals surface area (Å²) in [6, 6.07) is 7.39. The maximum absolute atomic E-state index is 11.2. The highest BCUT2D eigenvalue weighted by molar-refractivity contribution is 5.70. The summed E-state index contributed by atoms with van der Waals surface area (Å²) >= 11 is 0. The van der Waals surface area contributed by atoms with Crippen LogP contribution in [0.1, 0.15) is 18.9 Å². The predicted octanol–water partition coefficient (Wildman–Crippen LogP) is 1.96. The van der Waals surface area contributed by atoms with E-state index in [0.717, 1.165) is 11.3 Å². The molecule has 4 heteroatoms. The summed E-state index contributed by atoms with van der Waals surface area (Å²) in [5.74, 6) is -0.509. The summed E-state index contributed by atoms with van der Waals surface area (Å²) in [6.07, 6.45) is 0.960. The van der Waals surface area contributed by atoms with Gasteiger partial charge in [-0.1, -0.05) is 19.1 Å². The van der Waals surface area contributed by atoms with Crippen LogP contribution in [0.15, 0.2) is 24.3 Å². The molecule has 100 valence electrons. The third-order valence-corrected chi connectivity index (χ3v) is 2.99. The van der Waals surface area contributed by atoms with Crippen LogP contribution >= 0.6 is 0 Å². The molecule has 0 heterocycles. The van der Waals surface area contributed by atoms with Crippen LogP contribution in [0, 0.1) is 11.8 Å². The molecule has 0 aliphatic rings. The molecule has 2 unspecified atom stereocenters. The second kappa shape index (κ2) is 7.01. The lowest BCUT2D eigenvalue weighted by molar-refractivity contribution is -0.142. The van der Waals surface area contributed by atoms with Crippen molar-refractivity contribution in [1.29, 1.82) is 0 Å². The van der Waals surface area contributed by atoms with E-state index in [-0.39, 0.29) is 12.5 Å². The van der Waals surface area contributed by atoms with Gasteiger partial charge in [0.2, 0.25) is 0 Å². The highest BCUT2D eigenvalue weighted by Crippen LogP contribution is 2.19. The summed E-state index contributed by atoms with van der Waals surface area (Å²) in [5, 5.41) is 18.2. The van der Waals surface area contributed by atoms with Crippen molar-refractivity contribution in [3.05, 3.63) is 29.8 Å². The van der Waals surface area contributed by atoms with E-state index in [0.29, 0.717) is 12.8 Å². The normalized spacial score (nSPS) is 13.9. The standard InChI is InChI=1S/C14H20O4/c1-10(9-15)7-12(14(16)17)8-11-3-5-13(18-2)6-4-11/h3-6,10,12,15H,7-9H2,1-2H3,(H,16,17). The molecular formula is C14H20O4. The number of aliphatic carboxylic acids is 1. The van der Waals surface area contributed by atoms with Gasteiger partial charge in [-0.2, -0.15) is 0 Å². The molecule has 0 amide bonds. The summed E-state index contributed by atoms with van der Waals surface area (Å²) in [4.78, 5) is 11.2. The first kappa shape index (κ1) is 14.5. The van der Waals surface area contributed by atoms with Crippen molar-refractivity contribution < 1.29 is 19.7 Å². The number of methoxy groups -OCH3 is 1. The molecule has 0 fully saturated rings. The topological polar surface area (TPSA) is 66.8 Å². The fourth-order valence-electron chi connectivity index (χ4n) is 1.88. The van der Waals surface area contributed by atoms with Gasteiger partial charge in [-0.3, -0.25) is 4.79 Å². The SMILES string of the molecule is COc1ccc(CC(CC(C)CO)C(=O)O)cc1. The minimum absolute atomic E-state index is 0.00403. The third kappa shape index (κ3) is 4.37. The van der Waals surface area contributed by atoms with Crippen LogP contribution in [0.3, 0.4) is 0 Å². The molecule has 2 N–H and O–H groups in total. The smallest absolute Gasteiger partial charge is 0.306 e. The Morgan fingerprint density at radius 3 is 2.39 bits per heavy atom. The molecule has 4 nitrogen and oxygen atoms in total. The van der Waals surface area contributed by atoms with Gasteiger partial charge in [-0.15, -0.1) is 0 Å². The third-order valence-electron chi connectivity index (χ3n) is 2.99. The van der Waals surface area contributed by atoms with Crippen LogP contribution in [0.2, 0.25) is 0 Å². The predicted molar refractivity (Wildman–Crippen MR) is 68.7 cm³/mol. The number of hydrogen-bond donors (Lipinski definition) is 2. The molecule has 0 bridgehead atoms. The zero-order valence-corrected chi connectivity index (χ0v) is 10.8. The van der Waals surface area contributed by atoms with E-state index < -0.39 is 11.9 Å². The van der Waals surface area contributed by atoms with Crippen molar-refractivity contribution >= 4 is 5.97 Å². The van der Waals surface area contributed by atoms with Crippen molar-refractivity contribution in [2.24, 2.45) is 11.8 Å². The van der Waals surface area contributed by atoms with Gasteiger partial charge in [0.05, 0.1) is 13.0 Å². The van der Waals surface area contributed by atoms with Gasteiger partial charge in [-0.25, -0.2) is 0 Å². The molecule has 1 rings (SSSR count). The lowest BCUT2D eigenvalue weighted by atomic mass is 9.90. The molecule has 1 aromatic carbocycles. The molecule has 0 spiro atoms. The molecule has 0 radical (unpaired) electrons. The Morgan fingerprint density at radius 2 is 1.94 bits per heavy atom. The van der Waals surface area contributed by atoms with E-state index in [2.05, 4.69) is 0 Å². The van der Waals surface area contributed by atoms with Crippen LogP contribution in [-0.4, -0.2) is 29.9 Å². The second-order valence-electron chi connectivity index (χ2n) is 4.61. The number of carbonyl (C=O) groups is 1. The molecule has 0 saturated carbocycles. The number of hydrogen-bond acceptors (Lipinski definition) is 3. The summed E-state index contributed by atoms with van der Waals surface area (Å²) in [6.45, 7) is 1.87. The Morgan fingerprint density at radius 1 is 1.33 bits per heavy atom. The Bertz CT molecular complexity index is 372. The molecule has 1 aromatic rings. The van der Waals surface area contributed by atoms with Crippen LogP contribution in [0.25, 0.3) is 0 Å². The highest BCUT2D eigenvalue weighted by Gasteiger charge is 2.20. The first-order chi connectivity index (χ1) is 8.56. The minimum Gasteiger partial charge on any atom is -0.497 e. The first-order valence-corrected chi connectivity index (χ1v) is 6.03. The number of aliphatic hydroxyl groups is 1. The van der Waals surface area contributed by atoms with E-state index in [1.807, 2.05) is 31.2 Å². The van der Waals surface area contributed by atoms with E-state index in [9.17, 15) is 9.90 Å². The molecule has 2 atom stereocenters. The summed E-state index contributed by atoms with van der Waals surface area (Å²) < 4.78 is 5.05. The fraction of sp³-hybridized carbons (Fsp3) is 0.500. The first-order valence-electron chi connectivity index (χ1n) is 6.03. The monoisotopic (exact) mass is 252 g/mol. The largest absolute Gasteiger partial charge is 0.497 e. The van der Waals surface area contributed by atoms with Gasteiger partial charge < -0.3 is 14.9 Å². The van der Waals surface area contributed by atoms with Crippen molar-refractivity contribution in [1.82, 2.24) is 0 Å². The Hall–Kier alpha value is -1.55. The van der Waals surface area contributed by atoms with Crippen molar-refractivity contribution in [3.8, 4) is 5.75 Å². The average Bonchev–Trinajstić information content (AvgIpc) is 2.38. The lowest BCUT2D eigenvalue weighted by Crippen LogP contribution is -2.20. The number of carboxylic acids is 1. The van der Waals surface area contributed by atoms with Crippen LogP contribution in [0.4, 0.5) is 0 Å². The maximum atomic E-state index is 11.2. The number of ether oxygens (including phenoxy) is 1. The van der Waals surface area contributed by atoms with Gasteiger partial charge in [-0.05, 0) is 36.5 Å². The molecule has 0 aliphatic carbocycles. The van der Waals surface area contributed by atoms with E-state index in [4.69, 9.17) is 9.84 Å². The molecular weight excluding hydrogens is 232 g/mol. The average molecular weight is 252 g/mol. The zero-order chi connectivity index (χ0) is 13.5. The fourth-order valence-corrected chi connectivity index (χ4v) is 1.88. The quantitative estimate of drug-likeness (QED) is 0.778. The van der Waals surface area contributed by atoms with Crippen molar-refractivity contribution in [2.45, 2.75) is 19.8 Å². The van der Waals surface area contributed by atoms with Crippen LogP contribution < -0.4 is 4.74 Å². The summed E-state index contributed by atoms with van der Waals surface area (Å²) in [7, 11) is 1.60. The van der Waals surface area contributed by atoms with E-state index >= 15 is 0 Å². The van der Waals surface area contributed by atoms with Crippen molar-refractivity contribution in [3.63, 3.8) is 0 Å². The van der Waals surface area contributed by atoms with Crippen LogP contribution in [0.5, 0.6) is 5.75 Å². The van der Waals surface area contributed by atoms with Gasteiger partial charge in [0.15, 0.2) is 0 Å². The van der Waals surface area contributed by atoms with Gasteiger partial charge >= 0.3 is 5.97 Å².